The molecule has 0 saturated carbocycles. The molecule has 7 aromatic carbocycles. The van der Waals surface area contributed by atoms with Crippen molar-refractivity contribution in [3.05, 3.63) is 195 Å². The zero-order valence-electron chi connectivity index (χ0n) is 30.6. The molecule has 8 rings (SSSR count). The van der Waals surface area contributed by atoms with Crippen LogP contribution in [0, 0.1) is 13.8 Å². The summed E-state index contributed by atoms with van der Waals surface area (Å²) in [5.41, 5.74) is 10.2. The normalized spacial score (nSPS) is 12.6. The van der Waals surface area contributed by atoms with E-state index in [1.165, 1.54) is 12.1 Å². The molecule has 55 heavy (non-hydrogen) atoms. The van der Waals surface area contributed by atoms with E-state index in [1.807, 2.05) is 123 Å². The second-order valence-electron chi connectivity index (χ2n) is 14.4. The summed E-state index contributed by atoms with van der Waals surface area (Å²) < 4.78 is 34.3. The lowest BCUT2D eigenvalue weighted by molar-refractivity contribution is 0.453. The van der Waals surface area contributed by atoms with Crippen molar-refractivity contribution in [3.63, 3.8) is 0 Å². The van der Waals surface area contributed by atoms with Crippen molar-refractivity contribution in [1.82, 2.24) is 0 Å². The zero-order chi connectivity index (χ0) is 38.3. The molecule has 1 aliphatic carbocycles. The topological polar surface area (TPSA) is 104 Å². The van der Waals surface area contributed by atoms with Crippen LogP contribution in [0.4, 0.5) is 0 Å². The van der Waals surface area contributed by atoms with Gasteiger partial charge in [0.2, 0.25) is 0 Å². The Morgan fingerprint density at radius 1 is 0.418 bits per heavy atom. The lowest BCUT2D eigenvalue weighted by atomic mass is 9.87. The Kier molecular flexibility index (Phi) is 9.41. The molecule has 0 amide bonds. The third kappa shape index (κ3) is 7.31. The fourth-order valence-corrected chi connectivity index (χ4v) is 8.74. The minimum absolute atomic E-state index is 0.00863. The van der Waals surface area contributed by atoms with Crippen LogP contribution in [0.1, 0.15) is 55.6 Å². The Hall–Kier alpha value is -6.31. The van der Waals surface area contributed by atoms with Crippen LogP contribution >= 0.6 is 0 Å². The van der Waals surface area contributed by atoms with Crippen LogP contribution < -0.4 is 4.18 Å². The maximum Gasteiger partial charge on any atom is 0.339 e. The maximum atomic E-state index is 14.0. The van der Waals surface area contributed by atoms with E-state index >= 15 is 0 Å². The highest BCUT2D eigenvalue weighted by Gasteiger charge is 2.26. The van der Waals surface area contributed by atoms with E-state index in [9.17, 15) is 23.7 Å². The van der Waals surface area contributed by atoms with Crippen molar-refractivity contribution >= 4 is 10.1 Å². The summed E-state index contributed by atoms with van der Waals surface area (Å²) in [4.78, 5) is 0.00863. The van der Waals surface area contributed by atoms with E-state index in [4.69, 9.17) is 4.18 Å². The largest absolute Gasteiger partial charge is 0.507 e. The molecule has 7 aromatic rings. The average molecular weight is 745 g/mol. The molecule has 0 saturated heterocycles. The van der Waals surface area contributed by atoms with Gasteiger partial charge in [0.1, 0.15) is 27.9 Å². The van der Waals surface area contributed by atoms with Gasteiger partial charge in [0, 0.05) is 36.8 Å². The van der Waals surface area contributed by atoms with Crippen LogP contribution in [-0.4, -0.2) is 23.7 Å². The van der Waals surface area contributed by atoms with Gasteiger partial charge in [-0.1, -0.05) is 114 Å². The van der Waals surface area contributed by atoms with Gasteiger partial charge >= 0.3 is 10.1 Å². The van der Waals surface area contributed by atoms with Crippen molar-refractivity contribution in [2.24, 2.45) is 0 Å². The van der Waals surface area contributed by atoms with Crippen LogP contribution in [0.5, 0.6) is 23.0 Å². The smallest absolute Gasteiger partial charge is 0.339 e. The van der Waals surface area contributed by atoms with Crippen molar-refractivity contribution in [3.8, 4) is 45.3 Å². The molecule has 0 aromatic heterocycles. The van der Waals surface area contributed by atoms with Gasteiger partial charge in [0.15, 0.2) is 0 Å². The van der Waals surface area contributed by atoms with Crippen molar-refractivity contribution < 1.29 is 27.9 Å². The van der Waals surface area contributed by atoms with Gasteiger partial charge < -0.3 is 19.5 Å². The Bertz CT molecular complexity index is 2670. The second-order valence-corrected chi connectivity index (χ2v) is 16.0. The molecule has 7 heteroatoms. The van der Waals surface area contributed by atoms with E-state index in [0.717, 1.165) is 33.4 Å². The summed E-state index contributed by atoms with van der Waals surface area (Å²) in [7, 11) is -4.31. The number of benzene rings is 7. The van der Waals surface area contributed by atoms with Crippen molar-refractivity contribution in [2.45, 2.75) is 44.4 Å². The number of hydrogen-bond acceptors (Lipinski definition) is 6. The second kappa shape index (κ2) is 14.5. The molecule has 3 N–H and O–H groups in total. The number of phenols is 3. The Morgan fingerprint density at radius 2 is 0.727 bits per heavy atom. The number of aromatic hydroxyl groups is 3. The van der Waals surface area contributed by atoms with E-state index in [0.29, 0.717) is 44.5 Å². The monoisotopic (exact) mass is 744 g/mol. The van der Waals surface area contributed by atoms with Crippen molar-refractivity contribution in [2.75, 3.05) is 0 Å². The van der Waals surface area contributed by atoms with Gasteiger partial charge in [0.05, 0.1) is 0 Å². The van der Waals surface area contributed by atoms with E-state index in [1.54, 1.807) is 18.2 Å². The molecule has 0 radical (unpaired) electrons. The van der Waals surface area contributed by atoms with E-state index in [2.05, 4.69) is 0 Å². The Morgan fingerprint density at radius 3 is 1.11 bits per heavy atom. The highest BCUT2D eigenvalue weighted by molar-refractivity contribution is 7.87. The quantitative estimate of drug-likeness (QED) is 0.152. The first-order valence-electron chi connectivity index (χ1n) is 18.3. The summed E-state index contributed by atoms with van der Waals surface area (Å²) in [5.74, 6) is 0.378. The SMILES string of the molecule is Cc1cc2c(O)c(c1)Cc1cc(-c3ccccc3)cc(c1O)Cc1cc(-c3ccccc3)cc(c1OS(=O)(=O)c1ccccc1)Cc1cc(C)cc(c1O)C2. The van der Waals surface area contributed by atoms with Crippen LogP contribution in [-0.2, 0) is 35.8 Å². The fraction of sp³-hybridized carbons (Fsp3) is 0.125. The Labute approximate surface area is 321 Å². The first kappa shape index (κ1) is 35.7. The molecule has 0 atom stereocenters. The van der Waals surface area contributed by atoms with E-state index in [-0.39, 0.29) is 53.6 Å². The number of hydrogen-bond donors (Lipinski definition) is 3. The highest BCUT2D eigenvalue weighted by Crippen LogP contribution is 2.42. The van der Waals surface area contributed by atoms with Gasteiger partial charge in [-0.2, -0.15) is 8.42 Å². The van der Waals surface area contributed by atoms with Gasteiger partial charge in [-0.25, -0.2) is 0 Å². The van der Waals surface area contributed by atoms with Crippen molar-refractivity contribution in [1.29, 1.82) is 0 Å². The van der Waals surface area contributed by atoms with Gasteiger partial charge in [-0.05, 0) is 106 Å². The van der Waals surface area contributed by atoms with Gasteiger partial charge in [-0.15, -0.1) is 0 Å². The first-order valence-corrected chi connectivity index (χ1v) is 19.7. The average Bonchev–Trinajstić information content (AvgIpc) is 3.18. The molecule has 6 nitrogen and oxygen atoms in total. The predicted octanol–water partition coefficient (Wildman–Crippen LogP) is 10.2. The molecule has 0 aliphatic heterocycles. The lowest BCUT2D eigenvalue weighted by Crippen LogP contribution is -2.13. The number of rotatable bonds is 5. The number of phenolic OH excluding ortho intramolecular Hbond substituents is 3. The third-order valence-electron chi connectivity index (χ3n) is 10.3. The molecule has 274 valence electrons. The molecule has 0 fully saturated rings. The summed E-state index contributed by atoms with van der Waals surface area (Å²) in [5, 5.41) is 35.8. The summed E-state index contributed by atoms with van der Waals surface area (Å²) >= 11 is 0. The third-order valence-corrected chi connectivity index (χ3v) is 11.5. The molecule has 0 unspecified atom stereocenters. The molecular weight excluding hydrogens is 705 g/mol. The number of aryl methyl sites for hydroxylation is 2. The summed E-state index contributed by atoms with van der Waals surface area (Å²) in [6.45, 7) is 3.93. The minimum Gasteiger partial charge on any atom is -0.507 e. The van der Waals surface area contributed by atoms with Crippen LogP contribution in [0.3, 0.4) is 0 Å². The molecule has 8 bridgehead atoms. The van der Waals surface area contributed by atoms with Crippen LogP contribution in [0.2, 0.25) is 0 Å². The first-order chi connectivity index (χ1) is 26.5. The zero-order valence-corrected chi connectivity index (χ0v) is 31.4. The maximum absolute atomic E-state index is 14.0. The molecule has 1 aliphatic rings. The fourth-order valence-electron chi connectivity index (χ4n) is 7.72. The van der Waals surface area contributed by atoms with Gasteiger partial charge in [-0.3, -0.25) is 0 Å². The summed E-state index contributed by atoms with van der Waals surface area (Å²) in [6.07, 6.45) is 0.735. The lowest BCUT2D eigenvalue weighted by Gasteiger charge is -2.21. The Balaban J connectivity index is 1.43. The molecular formula is C48H40O6S. The van der Waals surface area contributed by atoms with Crippen LogP contribution in [0.25, 0.3) is 22.3 Å². The van der Waals surface area contributed by atoms with Crippen LogP contribution in [0.15, 0.2) is 144 Å². The van der Waals surface area contributed by atoms with Gasteiger partial charge in [0.25, 0.3) is 0 Å². The number of fused-ring (bicyclic) bond motifs is 8. The standard InChI is InChI=1S/C48H40O6S/c1-30-18-36-26-37-19-31(2)21-39(46(37)50)28-42-24-35(33-14-8-4-9-15-33)25-43(48(42)54-55(52,53)44-16-10-5-11-17-44)29-41-23-34(32-12-6-3-7-13-32)22-40(47(41)51)27-38(20-30)45(36)49/h3-25,49-51H,26-29H2,1-2H3. The predicted molar refractivity (Wildman–Crippen MR) is 217 cm³/mol. The highest BCUT2D eigenvalue weighted by atomic mass is 32.2. The molecule has 0 spiro atoms. The minimum atomic E-state index is -4.31. The summed E-state index contributed by atoms with van der Waals surface area (Å²) in [6, 6.07) is 43.1. The van der Waals surface area contributed by atoms with E-state index < -0.39 is 10.1 Å². The molecule has 0 heterocycles.